The Bertz CT molecular complexity index is 712. The first-order valence-electron chi connectivity index (χ1n) is 5.76. The van der Waals surface area contributed by atoms with E-state index in [1.807, 2.05) is 25.1 Å². The summed E-state index contributed by atoms with van der Waals surface area (Å²) in [6.07, 6.45) is 5.82. The number of fused-ring (bicyclic) bond motifs is 1. The largest absolute Gasteiger partial charge is 0.467 e. The molecule has 0 saturated carbocycles. The summed E-state index contributed by atoms with van der Waals surface area (Å²) in [6, 6.07) is 3.85. The Morgan fingerprint density at radius 1 is 1.53 bits per heavy atom. The van der Waals surface area contributed by atoms with Crippen LogP contribution in [0.5, 0.6) is 0 Å². The number of halogens is 1. The molecule has 19 heavy (non-hydrogen) atoms. The first-order valence-corrected chi connectivity index (χ1v) is 8.14. The smallest absolute Gasteiger partial charge is 0.127 e. The van der Waals surface area contributed by atoms with Gasteiger partial charge in [-0.1, -0.05) is 6.08 Å². The third-order valence-electron chi connectivity index (χ3n) is 2.61. The summed E-state index contributed by atoms with van der Waals surface area (Å²) in [5.74, 6) is 0.922. The number of hydrogen-bond donors (Lipinski definition) is 1. The van der Waals surface area contributed by atoms with E-state index < -0.39 is 0 Å². The monoisotopic (exact) mass is 354 g/mol. The lowest BCUT2D eigenvalue weighted by Gasteiger charge is -1.99. The van der Waals surface area contributed by atoms with Crippen molar-refractivity contribution in [1.82, 2.24) is 4.37 Å². The van der Waals surface area contributed by atoms with Crippen LogP contribution in [0.2, 0.25) is 0 Å². The van der Waals surface area contributed by atoms with Crippen molar-refractivity contribution in [3.63, 3.8) is 0 Å². The van der Waals surface area contributed by atoms with Gasteiger partial charge in [-0.2, -0.15) is 4.37 Å². The van der Waals surface area contributed by atoms with Crippen LogP contribution in [-0.4, -0.2) is 4.37 Å². The van der Waals surface area contributed by atoms with Crippen LogP contribution in [0.4, 0.5) is 5.00 Å². The van der Waals surface area contributed by atoms with Gasteiger partial charge in [0.1, 0.15) is 16.3 Å². The van der Waals surface area contributed by atoms with Gasteiger partial charge in [0.15, 0.2) is 0 Å². The molecule has 0 unspecified atom stereocenters. The fourth-order valence-corrected chi connectivity index (χ4v) is 4.65. The number of allylic oxidation sites excluding steroid dienone is 1. The van der Waals surface area contributed by atoms with Crippen molar-refractivity contribution in [3.05, 3.63) is 39.6 Å². The van der Waals surface area contributed by atoms with Gasteiger partial charge < -0.3 is 9.73 Å². The third-order valence-corrected chi connectivity index (χ3v) is 5.77. The Hall–Kier alpha value is -1.11. The topological polar surface area (TPSA) is 38.1 Å². The molecule has 3 nitrogen and oxygen atoms in total. The summed E-state index contributed by atoms with van der Waals surface area (Å²) in [7, 11) is 0. The van der Waals surface area contributed by atoms with Gasteiger partial charge in [-0.15, -0.1) is 11.3 Å². The van der Waals surface area contributed by atoms with E-state index in [4.69, 9.17) is 4.42 Å². The van der Waals surface area contributed by atoms with E-state index in [2.05, 4.69) is 31.7 Å². The molecule has 3 aromatic heterocycles. The number of aromatic nitrogens is 1. The van der Waals surface area contributed by atoms with E-state index in [0.717, 1.165) is 20.8 Å². The first-order chi connectivity index (χ1) is 9.29. The zero-order chi connectivity index (χ0) is 13.2. The van der Waals surface area contributed by atoms with Crippen LogP contribution in [0.15, 0.2) is 33.4 Å². The molecule has 0 aliphatic carbocycles. The molecule has 0 aliphatic heterocycles. The number of thiophene rings is 1. The lowest BCUT2D eigenvalue weighted by molar-refractivity contribution is 0.518. The molecule has 3 aromatic rings. The summed E-state index contributed by atoms with van der Waals surface area (Å²) < 4.78 is 12.1. The molecule has 0 spiro atoms. The van der Waals surface area contributed by atoms with E-state index >= 15 is 0 Å². The molecule has 0 saturated heterocycles. The number of anilines is 1. The number of furan rings is 1. The van der Waals surface area contributed by atoms with Gasteiger partial charge in [0.05, 0.1) is 22.0 Å². The number of hydrogen-bond acceptors (Lipinski definition) is 5. The summed E-state index contributed by atoms with van der Waals surface area (Å²) in [6.45, 7) is 2.70. The highest BCUT2D eigenvalue weighted by Crippen LogP contribution is 2.42. The average molecular weight is 355 g/mol. The predicted octanol–water partition coefficient (Wildman–Crippen LogP) is 5.36. The molecule has 1 N–H and O–H groups in total. The van der Waals surface area contributed by atoms with Crippen molar-refractivity contribution >= 4 is 60.1 Å². The Morgan fingerprint density at radius 2 is 2.42 bits per heavy atom. The molecule has 98 valence electrons. The van der Waals surface area contributed by atoms with Crippen LogP contribution in [-0.2, 0) is 6.54 Å². The highest BCUT2D eigenvalue weighted by atomic mass is 79.9. The molecule has 0 bridgehead atoms. The SMILES string of the molecule is C/C=C\c1sc2c(NCc3ccco3)snc2c1Br. The maximum Gasteiger partial charge on any atom is 0.127 e. The van der Waals surface area contributed by atoms with Gasteiger partial charge in [-0.05, 0) is 52.6 Å². The Balaban J connectivity index is 1.89. The van der Waals surface area contributed by atoms with Gasteiger partial charge in [0, 0.05) is 4.88 Å². The molecule has 0 fully saturated rings. The molecule has 0 atom stereocenters. The summed E-state index contributed by atoms with van der Waals surface area (Å²) in [5.41, 5.74) is 1.03. The number of rotatable bonds is 4. The van der Waals surface area contributed by atoms with Crippen LogP contribution in [0.3, 0.4) is 0 Å². The van der Waals surface area contributed by atoms with Gasteiger partial charge in [-0.3, -0.25) is 0 Å². The van der Waals surface area contributed by atoms with Crippen molar-refractivity contribution in [2.75, 3.05) is 5.32 Å². The quantitative estimate of drug-likeness (QED) is 0.685. The summed E-state index contributed by atoms with van der Waals surface area (Å²) in [4.78, 5) is 1.20. The van der Waals surface area contributed by atoms with Crippen molar-refractivity contribution in [2.45, 2.75) is 13.5 Å². The minimum atomic E-state index is 0.679. The van der Waals surface area contributed by atoms with E-state index in [0.29, 0.717) is 6.54 Å². The normalized spacial score (nSPS) is 11.7. The molecule has 3 rings (SSSR count). The van der Waals surface area contributed by atoms with Crippen LogP contribution < -0.4 is 5.32 Å². The van der Waals surface area contributed by atoms with Crippen LogP contribution in [0, 0.1) is 0 Å². The van der Waals surface area contributed by atoms with E-state index in [9.17, 15) is 0 Å². The second-order valence-electron chi connectivity index (χ2n) is 3.90. The van der Waals surface area contributed by atoms with E-state index in [-0.39, 0.29) is 0 Å². The van der Waals surface area contributed by atoms with E-state index in [1.54, 1.807) is 17.6 Å². The zero-order valence-electron chi connectivity index (χ0n) is 10.1. The molecule has 0 amide bonds. The Labute approximate surface area is 127 Å². The molecule has 0 aromatic carbocycles. The molecular weight excluding hydrogens is 344 g/mol. The maximum absolute atomic E-state index is 5.32. The first kappa shape index (κ1) is 12.9. The fraction of sp³-hybridized carbons (Fsp3) is 0.154. The van der Waals surface area contributed by atoms with Gasteiger partial charge >= 0.3 is 0 Å². The predicted molar refractivity (Wildman–Crippen MR) is 85.9 cm³/mol. The minimum absolute atomic E-state index is 0.679. The zero-order valence-corrected chi connectivity index (χ0v) is 13.4. The lowest BCUT2D eigenvalue weighted by Crippen LogP contribution is -1.95. The van der Waals surface area contributed by atoms with Crippen molar-refractivity contribution in [3.8, 4) is 0 Å². The Kier molecular flexibility index (Phi) is 3.72. The van der Waals surface area contributed by atoms with Crippen LogP contribution in [0.25, 0.3) is 16.3 Å². The fourth-order valence-electron chi connectivity index (χ4n) is 1.74. The molecule has 0 radical (unpaired) electrons. The molecule has 6 heteroatoms. The molecule has 0 aliphatic rings. The number of nitrogens with one attached hydrogen (secondary N) is 1. The van der Waals surface area contributed by atoms with Gasteiger partial charge in [0.2, 0.25) is 0 Å². The van der Waals surface area contributed by atoms with Crippen molar-refractivity contribution in [2.24, 2.45) is 0 Å². The second kappa shape index (κ2) is 5.48. The number of nitrogens with zero attached hydrogens (tertiary/aromatic N) is 1. The Morgan fingerprint density at radius 3 is 3.16 bits per heavy atom. The highest BCUT2D eigenvalue weighted by molar-refractivity contribution is 9.10. The van der Waals surface area contributed by atoms with Crippen LogP contribution in [0.1, 0.15) is 17.6 Å². The minimum Gasteiger partial charge on any atom is -0.467 e. The highest BCUT2D eigenvalue weighted by Gasteiger charge is 2.15. The summed E-state index contributed by atoms with van der Waals surface area (Å²) >= 11 is 6.84. The molecular formula is C13H11BrN2OS2. The van der Waals surface area contributed by atoms with Gasteiger partial charge in [0.25, 0.3) is 0 Å². The van der Waals surface area contributed by atoms with Gasteiger partial charge in [-0.25, -0.2) is 0 Å². The summed E-state index contributed by atoms with van der Waals surface area (Å²) in [5, 5.41) is 4.47. The third kappa shape index (κ3) is 2.48. The van der Waals surface area contributed by atoms with Crippen molar-refractivity contribution < 1.29 is 4.42 Å². The average Bonchev–Trinajstić information content (AvgIpc) is 3.09. The van der Waals surface area contributed by atoms with Crippen LogP contribution >= 0.6 is 38.8 Å². The standard InChI is InChI=1S/C13H11BrN2OS2/c1-2-4-9-10(14)11-12(18-9)13(19-16-11)15-7-8-5-3-6-17-8/h2-6,15H,7H2,1H3/b4-2-. The maximum atomic E-state index is 5.32. The van der Waals surface area contributed by atoms with E-state index in [1.165, 1.54) is 21.1 Å². The molecule has 3 heterocycles. The second-order valence-corrected chi connectivity index (χ2v) is 6.52. The lowest BCUT2D eigenvalue weighted by atomic mass is 10.4. The van der Waals surface area contributed by atoms with Crippen molar-refractivity contribution in [1.29, 1.82) is 0 Å².